The van der Waals surface area contributed by atoms with Crippen LogP contribution in [0.1, 0.15) is 0 Å². The van der Waals surface area contributed by atoms with Gasteiger partial charge in [-0.15, -0.1) is 10.2 Å². The van der Waals surface area contributed by atoms with Crippen molar-refractivity contribution in [3.05, 3.63) is 59.7 Å². The number of benzene rings is 1. The lowest BCUT2D eigenvalue weighted by Crippen LogP contribution is -2.41. The summed E-state index contributed by atoms with van der Waals surface area (Å²) < 4.78 is 8.07. The standard InChI is InChI=1S/C13H10BrN4O/c14-11-4-6-18(7-5-11)17-12-3-1-2-10(8-12)13-16-15-9-19-13/h1-9,17H/q+1. The Morgan fingerprint density at radius 2 is 2.00 bits per heavy atom. The number of hydrogen-bond acceptors (Lipinski definition) is 4. The number of halogens is 1. The van der Waals surface area contributed by atoms with Crippen molar-refractivity contribution in [3.63, 3.8) is 0 Å². The van der Waals surface area contributed by atoms with Crippen LogP contribution in [0.5, 0.6) is 0 Å². The van der Waals surface area contributed by atoms with E-state index >= 15 is 0 Å². The lowest BCUT2D eigenvalue weighted by atomic mass is 10.2. The Bertz CT molecular complexity index is 667. The van der Waals surface area contributed by atoms with Crippen LogP contribution < -0.4 is 10.1 Å². The summed E-state index contributed by atoms with van der Waals surface area (Å²) in [6.45, 7) is 0. The second kappa shape index (κ2) is 5.19. The maximum Gasteiger partial charge on any atom is 0.247 e. The van der Waals surface area contributed by atoms with E-state index in [1.807, 2.05) is 53.5 Å². The molecule has 0 aliphatic heterocycles. The maximum atomic E-state index is 5.18. The monoisotopic (exact) mass is 317 g/mol. The van der Waals surface area contributed by atoms with Crippen LogP contribution in [-0.4, -0.2) is 10.2 Å². The van der Waals surface area contributed by atoms with Gasteiger partial charge in [0.1, 0.15) is 0 Å². The Hall–Kier alpha value is -2.21. The number of anilines is 1. The quantitative estimate of drug-likeness (QED) is 0.755. The molecule has 2 heterocycles. The molecule has 0 aliphatic carbocycles. The second-order valence-corrected chi connectivity index (χ2v) is 4.78. The Kier molecular flexibility index (Phi) is 3.24. The van der Waals surface area contributed by atoms with Gasteiger partial charge in [-0.3, -0.25) is 0 Å². The molecule has 2 aromatic heterocycles. The van der Waals surface area contributed by atoms with Crippen LogP contribution in [0.25, 0.3) is 11.5 Å². The lowest BCUT2D eigenvalue weighted by Gasteiger charge is -2.01. The summed E-state index contributed by atoms with van der Waals surface area (Å²) in [6, 6.07) is 11.7. The zero-order valence-electron chi connectivity index (χ0n) is 9.82. The van der Waals surface area contributed by atoms with Crippen molar-refractivity contribution < 1.29 is 9.09 Å². The molecule has 3 aromatic rings. The molecule has 5 nitrogen and oxygen atoms in total. The molecule has 0 amide bonds. The van der Waals surface area contributed by atoms with Gasteiger partial charge in [-0.05, 0) is 18.2 Å². The number of aromatic nitrogens is 3. The van der Waals surface area contributed by atoms with Crippen LogP contribution in [0.2, 0.25) is 0 Å². The average molecular weight is 318 g/mol. The van der Waals surface area contributed by atoms with Gasteiger partial charge in [0.05, 0.1) is 5.69 Å². The van der Waals surface area contributed by atoms with Crippen molar-refractivity contribution in [3.8, 4) is 11.5 Å². The van der Waals surface area contributed by atoms with Crippen LogP contribution in [0.4, 0.5) is 5.69 Å². The van der Waals surface area contributed by atoms with Gasteiger partial charge in [0, 0.05) is 22.2 Å². The Balaban J connectivity index is 1.85. The molecule has 0 fully saturated rings. The largest absolute Gasteiger partial charge is 0.423 e. The van der Waals surface area contributed by atoms with Gasteiger partial charge in [0.2, 0.25) is 24.7 Å². The molecule has 0 unspecified atom stereocenters. The molecule has 0 saturated carbocycles. The van der Waals surface area contributed by atoms with Gasteiger partial charge in [-0.1, -0.05) is 26.7 Å². The molecule has 19 heavy (non-hydrogen) atoms. The van der Waals surface area contributed by atoms with E-state index in [1.165, 1.54) is 6.39 Å². The first-order chi connectivity index (χ1) is 9.31. The van der Waals surface area contributed by atoms with Crippen molar-refractivity contribution in [1.82, 2.24) is 10.2 Å². The highest BCUT2D eigenvalue weighted by molar-refractivity contribution is 9.10. The molecule has 0 aliphatic rings. The fraction of sp³-hybridized carbons (Fsp3) is 0. The van der Waals surface area contributed by atoms with E-state index in [1.54, 1.807) is 0 Å². The molecule has 0 bridgehead atoms. The Morgan fingerprint density at radius 1 is 1.16 bits per heavy atom. The molecule has 0 radical (unpaired) electrons. The lowest BCUT2D eigenvalue weighted by molar-refractivity contribution is -0.643. The number of rotatable bonds is 3. The minimum absolute atomic E-state index is 0.504. The first-order valence-corrected chi connectivity index (χ1v) is 6.41. The predicted octanol–water partition coefficient (Wildman–Crippen LogP) is 2.66. The van der Waals surface area contributed by atoms with Crippen molar-refractivity contribution in [2.24, 2.45) is 0 Å². The Labute approximate surface area is 118 Å². The van der Waals surface area contributed by atoms with E-state index in [0.717, 1.165) is 15.7 Å². The average Bonchev–Trinajstić information content (AvgIpc) is 2.96. The van der Waals surface area contributed by atoms with Crippen LogP contribution in [0.15, 0.2) is 64.1 Å². The minimum Gasteiger partial charge on any atom is -0.423 e. The zero-order chi connectivity index (χ0) is 13.1. The van der Waals surface area contributed by atoms with Gasteiger partial charge in [-0.25, -0.2) is 0 Å². The highest BCUT2D eigenvalue weighted by atomic mass is 79.9. The number of hydrogen-bond donors (Lipinski definition) is 1. The van der Waals surface area contributed by atoms with Crippen molar-refractivity contribution >= 4 is 21.6 Å². The third-order valence-corrected chi connectivity index (χ3v) is 3.05. The topological polar surface area (TPSA) is 54.8 Å². The van der Waals surface area contributed by atoms with Gasteiger partial charge in [0.25, 0.3) is 0 Å². The Morgan fingerprint density at radius 3 is 2.74 bits per heavy atom. The van der Waals surface area contributed by atoms with Gasteiger partial charge < -0.3 is 4.42 Å². The van der Waals surface area contributed by atoms with Crippen LogP contribution in [0.3, 0.4) is 0 Å². The van der Waals surface area contributed by atoms with Gasteiger partial charge >= 0.3 is 0 Å². The third kappa shape index (κ3) is 2.79. The first-order valence-electron chi connectivity index (χ1n) is 5.62. The zero-order valence-corrected chi connectivity index (χ0v) is 11.4. The molecule has 0 atom stereocenters. The van der Waals surface area contributed by atoms with Crippen LogP contribution in [0, 0.1) is 0 Å². The van der Waals surface area contributed by atoms with E-state index in [9.17, 15) is 0 Å². The van der Waals surface area contributed by atoms with E-state index in [2.05, 4.69) is 31.6 Å². The summed E-state index contributed by atoms with van der Waals surface area (Å²) in [5, 5.41) is 7.56. The van der Waals surface area contributed by atoms with Crippen molar-refractivity contribution in [2.45, 2.75) is 0 Å². The van der Waals surface area contributed by atoms with E-state index in [4.69, 9.17) is 4.42 Å². The summed E-state index contributed by atoms with van der Waals surface area (Å²) in [5.74, 6) is 0.504. The smallest absolute Gasteiger partial charge is 0.247 e. The first kappa shape index (κ1) is 11.9. The number of nitrogens with one attached hydrogen (secondary N) is 1. The van der Waals surface area contributed by atoms with Crippen LogP contribution in [-0.2, 0) is 0 Å². The molecule has 0 saturated heterocycles. The summed E-state index contributed by atoms with van der Waals surface area (Å²) in [7, 11) is 0. The van der Waals surface area contributed by atoms with Gasteiger partial charge in [-0.2, -0.15) is 5.43 Å². The molecule has 94 valence electrons. The normalized spacial score (nSPS) is 10.4. The highest BCUT2D eigenvalue weighted by Gasteiger charge is 2.06. The summed E-state index contributed by atoms with van der Waals surface area (Å²) in [6.07, 6.45) is 5.16. The maximum absolute atomic E-state index is 5.18. The molecule has 0 spiro atoms. The minimum atomic E-state index is 0.504. The summed E-state index contributed by atoms with van der Waals surface area (Å²) in [4.78, 5) is 0. The number of pyridine rings is 1. The SMILES string of the molecule is Brc1cc[n+](Nc2cccc(-c3nnco3)c2)cc1. The van der Waals surface area contributed by atoms with Crippen LogP contribution >= 0.6 is 15.9 Å². The molecule has 1 aromatic carbocycles. The second-order valence-electron chi connectivity index (χ2n) is 3.86. The van der Waals surface area contributed by atoms with E-state index in [-0.39, 0.29) is 0 Å². The fourth-order valence-electron chi connectivity index (χ4n) is 1.65. The molecular formula is C13H10BrN4O+. The highest BCUT2D eigenvalue weighted by Crippen LogP contribution is 2.19. The van der Waals surface area contributed by atoms with Crippen molar-refractivity contribution in [2.75, 3.05) is 5.43 Å². The third-order valence-electron chi connectivity index (χ3n) is 2.52. The molecule has 1 N–H and O–H groups in total. The summed E-state index contributed by atoms with van der Waals surface area (Å²) >= 11 is 3.40. The molecular weight excluding hydrogens is 308 g/mol. The van der Waals surface area contributed by atoms with E-state index < -0.39 is 0 Å². The molecule has 6 heteroatoms. The van der Waals surface area contributed by atoms with E-state index in [0.29, 0.717) is 5.89 Å². The predicted molar refractivity (Wildman–Crippen MR) is 73.1 cm³/mol. The fourth-order valence-corrected chi connectivity index (χ4v) is 1.89. The van der Waals surface area contributed by atoms with Gasteiger partial charge in [0.15, 0.2) is 0 Å². The molecule has 3 rings (SSSR count). The number of nitrogens with zero attached hydrogens (tertiary/aromatic N) is 3. The summed E-state index contributed by atoms with van der Waals surface area (Å²) in [5.41, 5.74) is 5.05. The van der Waals surface area contributed by atoms with Crippen molar-refractivity contribution in [1.29, 1.82) is 0 Å².